The van der Waals surface area contributed by atoms with Crippen molar-refractivity contribution in [3.05, 3.63) is 42.0 Å². The molecule has 11 heteroatoms. The minimum atomic E-state index is -3.56. The van der Waals surface area contributed by atoms with E-state index >= 15 is 0 Å². The summed E-state index contributed by atoms with van der Waals surface area (Å²) < 4.78 is 42.5. The first-order valence-corrected chi connectivity index (χ1v) is 11.2. The molecule has 0 aromatic heterocycles. The molecule has 0 unspecified atom stereocenters. The predicted molar refractivity (Wildman–Crippen MR) is 122 cm³/mol. The van der Waals surface area contributed by atoms with Gasteiger partial charge in [-0.05, 0) is 55.0 Å². The van der Waals surface area contributed by atoms with E-state index in [2.05, 4.69) is 15.4 Å². The average Bonchev–Trinajstić information content (AvgIpc) is 2.76. The third-order valence-electron chi connectivity index (χ3n) is 4.12. The van der Waals surface area contributed by atoms with E-state index in [1.165, 1.54) is 45.6 Å². The molecular weight excluding hydrogens is 442 g/mol. The third-order valence-corrected chi connectivity index (χ3v) is 5.80. The number of carbonyl (C=O) groups excluding carboxylic acids is 1. The van der Waals surface area contributed by atoms with Gasteiger partial charge >= 0.3 is 0 Å². The van der Waals surface area contributed by atoms with Crippen LogP contribution in [0.15, 0.2) is 41.3 Å². The van der Waals surface area contributed by atoms with Gasteiger partial charge in [0.25, 0.3) is 5.91 Å². The Labute approximate surface area is 187 Å². The summed E-state index contributed by atoms with van der Waals surface area (Å²) in [5, 5.41) is 5.44. The van der Waals surface area contributed by atoms with E-state index in [0.29, 0.717) is 35.9 Å². The number of anilines is 1. The Kier molecular flexibility index (Phi) is 8.60. The molecule has 2 rings (SSSR count). The van der Waals surface area contributed by atoms with Crippen LogP contribution in [0.25, 0.3) is 0 Å². The van der Waals surface area contributed by atoms with Gasteiger partial charge < -0.3 is 19.5 Å². The first-order valence-electron chi connectivity index (χ1n) is 9.27. The lowest BCUT2D eigenvalue weighted by molar-refractivity contribution is 0.0977. The highest BCUT2D eigenvalue weighted by Crippen LogP contribution is 2.38. The summed E-state index contributed by atoms with van der Waals surface area (Å²) in [5.74, 6) is 0.546. The summed E-state index contributed by atoms with van der Waals surface area (Å²) in [7, 11) is 0.814. The molecule has 0 bridgehead atoms. The topological polar surface area (TPSA) is 115 Å². The molecule has 168 valence electrons. The van der Waals surface area contributed by atoms with Gasteiger partial charge in [0.1, 0.15) is 0 Å². The second-order valence-corrected chi connectivity index (χ2v) is 8.42. The molecule has 0 fully saturated rings. The molecule has 0 heterocycles. The Morgan fingerprint density at radius 3 is 2.06 bits per heavy atom. The van der Waals surface area contributed by atoms with E-state index in [4.69, 9.17) is 26.4 Å². The zero-order valence-electron chi connectivity index (χ0n) is 17.6. The van der Waals surface area contributed by atoms with Crippen LogP contribution in [0.3, 0.4) is 0 Å². The maximum absolute atomic E-state index is 12.6. The van der Waals surface area contributed by atoms with E-state index < -0.39 is 15.9 Å². The fourth-order valence-corrected chi connectivity index (χ4v) is 3.93. The van der Waals surface area contributed by atoms with Gasteiger partial charge in [-0.2, -0.15) is 0 Å². The highest BCUT2D eigenvalue weighted by molar-refractivity contribution is 7.89. The summed E-state index contributed by atoms with van der Waals surface area (Å²) in [4.78, 5) is 12.7. The highest BCUT2D eigenvalue weighted by Gasteiger charge is 2.18. The SMILES string of the molecule is CCCNS(=O)(=O)c1ccc(NC(=S)NC(=O)c2cc(OC)c(OC)c(OC)c2)cc1. The summed E-state index contributed by atoms with van der Waals surface area (Å²) in [6.07, 6.45) is 0.693. The van der Waals surface area contributed by atoms with Gasteiger partial charge in [0, 0.05) is 17.8 Å². The zero-order chi connectivity index (χ0) is 23.0. The largest absolute Gasteiger partial charge is 0.493 e. The minimum Gasteiger partial charge on any atom is -0.493 e. The number of nitrogens with one attached hydrogen (secondary N) is 3. The van der Waals surface area contributed by atoms with Crippen molar-refractivity contribution < 1.29 is 27.4 Å². The molecule has 9 nitrogen and oxygen atoms in total. The van der Waals surface area contributed by atoms with Crippen molar-refractivity contribution in [3.63, 3.8) is 0 Å². The van der Waals surface area contributed by atoms with Crippen molar-refractivity contribution >= 4 is 38.9 Å². The Morgan fingerprint density at radius 2 is 1.58 bits per heavy atom. The molecule has 31 heavy (non-hydrogen) atoms. The lowest BCUT2D eigenvalue weighted by Crippen LogP contribution is -2.34. The van der Waals surface area contributed by atoms with Gasteiger partial charge in [0.05, 0.1) is 26.2 Å². The van der Waals surface area contributed by atoms with Crippen LogP contribution in [0, 0.1) is 0 Å². The third kappa shape index (κ3) is 6.29. The number of thiocarbonyl (C=S) groups is 1. The van der Waals surface area contributed by atoms with Crippen LogP contribution in [0.4, 0.5) is 5.69 Å². The van der Waals surface area contributed by atoms with Crippen LogP contribution in [0.5, 0.6) is 17.2 Å². The zero-order valence-corrected chi connectivity index (χ0v) is 19.3. The standard InChI is InChI=1S/C20H25N3O6S2/c1-5-10-21-31(25,26)15-8-6-14(7-9-15)22-20(30)23-19(24)13-11-16(27-2)18(29-4)17(12-13)28-3/h6-9,11-12,21H,5,10H2,1-4H3,(H2,22,23,24,30). The first-order chi connectivity index (χ1) is 14.7. The van der Waals surface area contributed by atoms with E-state index in [-0.39, 0.29) is 15.6 Å². The molecule has 0 radical (unpaired) electrons. The molecule has 3 N–H and O–H groups in total. The van der Waals surface area contributed by atoms with Crippen molar-refractivity contribution in [2.75, 3.05) is 33.2 Å². The van der Waals surface area contributed by atoms with Crippen LogP contribution in [0.2, 0.25) is 0 Å². The summed E-state index contributed by atoms with van der Waals surface area (Å²) in [6, 6.07) is 9.01. The normalized spacial score (nSPS) is 10.8. The van der Waals surface area contributed by atoms with E-state index in [1.807, 2.05) is 6.92 Å². The van der Waals surface area contributed by atoms with E-state index in [0.717, 1.165) is 0 Å². The molecule has 0 aliphatic heterocycles. The summed E-state index contributed by atoms with van der Waals surface area (Å²) in [5.41, 5.74) is 0.770. The number of methoxy groups -OCH3 is 3. The highest BCUT2D eigenvalue weighted by atomic mass is 32.2. The molecule has 0 aliphatic rings. The summed E-state index contributed by atoms with van der Waals surface area (Å²) >= 11 is 5.19. The monoisotopic (exact) mass is 467 g/mol. The quantitative estimate of drug-likeness (QED) is 0.482. The molecule has 2 aromatic carbocycles. The fourth-order valence-electron chi connectivity index (χ4n) is 2.59. The molecule has 0 aliphatic carbocycles. The van der Waals surface area contributed by atoms with Gasteiger partial charge in [0.15, 0.2) is 16.6 Å². The van der Waals surface area contributed by atoms with Crippen molar-refractivity contribution in [2.45, 2.75) is 18.2 Å². The lowest BCUT2D eigenvalue weighted by Gasteiger charge is -2.15. The maximum atomic E-state index is 12.6. The second-order valence-electron chi connectivity index (χ2n) is 6.24. The van der Waals surface area contributed by atoms with E-state index in [9.17, 15) is 13.2 Å². The molecule has 1 amide bonds. The minimum absolute atomic E-state index is 0.0402. The number of hydrogen-bond donors (Lipinski definition) is 3. The van der Waals surface area contributed by atoms with Crippen molar-refractivity contribution in [1.29, 1.82) is 0 Å². The molecule has 0 spiro atoms. The Bertz CT molecular complexity index is 1010. The van der Waals surface area contributed by atoms with Gasteiger partial charge in [-0.25, -0.2) is 13.1 Å². The van der Waals surface area contributed by atoms with Gasteiger partial charge in [0.2, 0.25) is 15.8 Å². The number of carbonyl (C=O) groups is 1. The van der Waals surface area contributed by atoms with Gasteiger partial charge in [-0.3, -0.25) is 10.1 Å². The number of hydrogen-bond acceptors (Lipinski definition) is 7. The maximum Gasteiger partial charge on any atom is 0.257 e. The number of benzene rings is 2. The van der Waals surface area contributed by atoms with Crippen LogP contribution in [-0.4, -0.2) is 47.3 Å². The smallest absolute Gasteiger partial charge is 0.257 e. The first kappa shape index (κ1) is 24.4. The number of amides is 1. The molecular formula is C20H25N3O6S2. The summed E-state index contributed by atoms with van der Waals surface area (Å²) in [6.45, 7) is 2.24. The van der Waals surface area contributed by atoms with Crippen LogP contribution >= 0.6 is 12.2 Å². The Balaban J connectivity index is 2.08. The molecule has 0 atom stereocenters. The molecule has 0 saturated carbocycles. The second kappa shape index (κ2) is 10.9. The molecule has 0 saturated heterocycles. The fraction of sp³-hybridized carbons (Fsp3) is 0.300. The number of rotatable bonds is 9. The predicted octanol–water partition coefficient (Wildman–Crippen LogP) is 2.53. The number of sulfonamides is 1. The van der Waals surface area contributed by atoms with Crippen molar-refractivity contribution in [3.8, 4) is 17.2 Å². The van der Waals surface area contributed by atoms with Crippen LogP contribution < -0.4 is 29.6 Å². The lowest BCUT2D eigenvalue weighted by atomic mass is 10.1. The Morgan fingerprint density at radius 1 is 1.00 bits per heavy atom. The van der Waals surface area contributed by atoms with Crippen molar-refractivity contribution in [1.82, 2.24) is 10.0 Å². The van der Waals surface area contributed by atoms with E-state index in [1.54, 1.807) is 12.1 Å². The van der Waals surface area contributed by atoms with Gasteiger partial charge in [-0.15, -0.1) is 0 Å². The van der Waals surface area contributed by atoms with Gasteiger partial charge in [-0.1, -0.05) is 6.92 Å². The van der Waals surface area contributed by atoms with Crippen LogP contribution in [0.1, 0.15) is 23.7 Å². The van der Waals surface area contributed by atoms with Crippen molar-refractivity contribution in [2.24, 2.45) is 0 Å². The average molecular weight is 468 g/mol. The Hall–Kier alpha value is -2.89. The van der Waals surface area contributed by atoms with Crippen LogP contribution in [-0.2, 0) is 10.0 Å². The number of ether oxygens (including phenoxy) is 3. The molecule has 2 aromatic rings.